The van der Waals surface area contributed by atoms with Gasteiger partial charge in [0.2, 0.25) is 0 Å². The lowest BCUT2D eigenvalue weighted by atomic mass is 10.2. The molecular formula is C11H17ClN4. The summed E-state index contributed by atoms with van der Waals surface area (Å²) in [4.78, 5) is 4.63. The van der Waals surface area contributed by atoms with Crippen molar-refractivity contribution >= 4 is 17.4 Å². The Bertz CT molecular complexity index is 340. The van der Waals surface area contributed by atoms with Crippen molar-refractivity contribution in [3.63, 3.8) is 0 Å². The Morgan fingerprint density at radius 2 is 2.19 bits per heavy atom. The molecule has 0 radical (unpaired) electrons. The highest BCUT2D eigenvalue weighted by molar-refractivity contribution is 6.16. The van der Waals surface area contributed by atoms with Crippen LogP contribution in [0.3, 0.4) is 0 Å². The van der Waals surface area contributed by atoms with Crippen molar-refractivity contribution in [1.29, 1.82) is 0 Å². The van der Waals surface area contributed by atoms with Gasteiger partial charge in [0.25, 0.3) is 0 Å². The van der Waals surface area contributed by atoms with Crippen molar-refractivity contribution in [3.05, 3.63) is 17.8 Å². The molecule has 1 atom stereocenters. The zero-order chi connectivity index (χ0) is 11.5. The molecule has 5 heteroatoms. The SMILES string of the molecule is CC1CN(C)CCN1c1ccc(CCl)nn1. The zero-order valence-corrected chi connectivity index (χ0v) is 10.5. The number of aromatic nitrogens is 2. The number of rotatable bonds is 2. The number of hydrogen-bond donors (Lipinski definition) is 0. The Kier molecular flexibility index (Phi) is 3.61. The van der Waals surface area contributed by atoms with Crippen LogP contribution in [0.2, 0.25) is 0 Å². The maximum Gasteiger partial charge on any atom is 0.151 e. The summed E-state index contributed by atoms with van der Waals surface area (Å²) in [5.74, 6) is 1.38. The summed E-state index contributed by atoms with van der Waals surface area (Å²) in [6.45, 7) is 5.36. The summed E-state index contributed by atoms with van der Waals surface area (Å²) in [6, 6.07) is 4.43. The van der Waals surface area contributed by atoms with E-state index in [1.54, 1.807) is 0 Å². The molecule has 0 aliphatic carbocycles. The third kappa shape index (κ3) is 2.44. The van der Waals surface area contributed by atoms with Crippen molar-refractivity contribution in [2.75, 3.05) is 31.6 Å². The van der Waals surface area contributed by atoms with Crippen molar-refractivity contribution < 1.29 is 0 Å². The minimum atomic E-state index is 0.422. The molecule has 0 spiro atoms. The fourth-order valence-corrected chi connectivity index (χ4v) is 2.20. The summed E-state index contributed by atoms with van der Waals surface area (Å²) in [5.41, 5.74) is 0.826. The van der Waals surface area contributed by atoms with E-state index in [9.17, 15) is 0 Å². The van der Waals surface area contributed by atoms with Crippen LogP contribution in [0.1, 0.15) is 12.6 Å². The van der Waals surface area contributed by atoms with E-state index in [1.807, 2.05) is 12.1 Å². The topological polar surface area (TPSA) is 32.3 Å². The summed E-state index contributed by atoms with van der Waals surface area (Å²) >= 11 is 5.69. The first-order valence-corrected chi connectivity index (χ1v) is 6.08. The number of halogens is 1. The molecule has 1 aliphatic rings. The van der Waals surface area contributed by atoms with E-state index in [1.165, 1.54) is 0 Å². The molecule has 2 heterocycles. The molecule has 1 aromatic rings. The number of anilines is 1. The Morgan fingerprint density at radius 3 is 2.75 bits per heavy atom. The highest BCUT2D eigenvalue weighted by Gasteiger charge is 2.22. The largest absolute Gasteiger partial charge is 0.350 e. The molecule has 0 aromatic carbocycles. The van der Waals surface area contributed by atoms with Crippen LogP contribution in [0.25, 0.3) is 0 Å². The molecule has 0 N–H and O–H groups in total. The Balaban J connectivity index is 2.11. The van der Waals surface area contributed by atoms with Crippen LogP contribution in [-0.4, -0.2) is 47.8 Å². The maximum absolute atomic E-state index is 5.69. The average Bonchev–Trinajstić information content (AvgIpc) is 2.29. The van der Waals surface area contributed by atoms with Crippen molar-refractivity contribution in [2.45, 2.75) is 18.8 Å². The first-order chi connectivity index (χ1) is 7.70. The molecule has 1 unspecified atom stereocenters. The van der Waals surface area contributed by atoms with Crippen molar-refractivity contribution in [3.8, 4) is 0 Å². The predicted octanol–water partition coefficient (Wildman–Crippen LogP) is 1.36. The van der Waals surface area contributed by atoms with Gasteiger partial charge in [0.1, 0.15) is 0 Å². The van der Waals surface area contributed by atoms with Gasteiger partial charge in [-0.1, -0.05) is 0 Å². The minimum absolute atomic E-state index is 0.422. The summed E-state index contributed by atoms with van der Waals surface area (Å²) in [7, 11) is 2.15. The van der Waals surface area contributed by atoms with Gasteiger partial charge in [-0.15, -0.1) is 16.7 Å². The Labute approximate surface area is 101 Å². The van der Waals surface area contributed by atoms with E-state index in [4.69, 9.17) is 11.6 Å². The molecule has 0 amide bonds. The fraction of sp³-hybridized carbons (Fsp3) is 0.636. The maximum atomic E-state index is 5.69. The molecular weight excluding hydrogens is 224 g/mol. The van der Waals surface area contributed by atoms with E-state index in [2.05, 4.69) is 34.0 Å². The lowest BCUT2D eigenvalue weighted by Crippen LogP contribution is -2.50. The third-order valence-corrected chi connectivity index (χ3v) is 3.24. The lowest BCUT2D eigenvalue weighted by Gasteiger charge is -2.38. The number of likely N-dealkylation sites (N-methyl/N-ethyl adjacent to an activating group) is 1. The molecule has 88 valence electrons. The predicted molar refractivity (Wildman–Crippen MR) is 65.9 cm³/mol. The number of alkyl halides is 1. The Morgan fingerprint density at radius 1 is 1.38 bits per heavy atom. The lowest BCUT2D eigenvalue weighted by molar-refractivity contribution is 0.274. The molecule has 1 aliphatic heterocycles. The van der Waals surface area contributed by atoms with Gasteiger partial charge in [0.05, 0.1) is 11.6 Å². The summed E-state index contributed by atoms with van der Waals surface area (Å²) in [5, 5.41) is 8.31. The van der Waals surface area contributed by atoms with Gasteiger partial charge >= 0.3 is 0 Å². The normalized spacial score (nSPS) is 22.4. The highest BCUT2D eigenvalue weighted by Crippen LogP contribution is 2.17. The van der Waals surface area contributed by atoms with Crippen LogP contribution < -0.4 is 4.90 Å². The van der Waals surface area contributed by atoms with Gasteiger partial charge in [-0.2, -0.15) is 5.10 Å². The molecule has 0 bridgehead atoms. The smallest absolute Gasteiger partial charge is 0.151 e. The summed E-state index contributed by atoms with van der Waals surface area (Å²) < 4.78 is 0. The van der Waals surface area contributed by atoms with Gasteiger partial charge in [-0.25, -0.2) is 0 Å². The second-order valence-electron chi connectivity index (χ2n) is 4.32. The molecule has 1 fully saturated rings. The molecule has 1 saturated heterocycles. The van der Waals surface area contributed by atoms with Gasteiger partial charge < -0.3 is 9.80 Å². The first-order valence-electron chi connectivity index (χ1n) is 5.54. The van der Waals surface area contributed by atoms with Crippen LogP contribution >= 0.6 is 11.6 Å². The third-order valence-electron chi connectivity index (χ3n) is 2.97. The van der Waals surface area contributed by atoms with Gasteiger partial charge in [-0.3, -0.25) is 0 Å². The quantitative estimate of drug-likeness (QED) is 0.731. The fourth-order valence-electron chi connectivity index (χ4n) is 2.06. The first kappa shape index (κ1) is 11.6. The monoisotopic (exact) mass is 240 g/mol. The highest BCUT2D eigenvalue weighted by atomic mass is 35.5. The molecule has 16 heavy (non-hydrogen) atoms. The standard InChI is InChI=1S/C11H17ClN4/c1-9-8-15(2)5-6-16(9)11-4-3-10(7-12)13-14-11/h3-4,9H,5-8H2,1-2H3. The molecule has 0 saturated carbocycles. The number of piperazine rings is 1. The molecule has 2 rings (SSSR count). The Hall–Kier alpha value is -0.870. The zero-order valence-electron chi connectivity index (χ0n) is 9.73. The second-order valence-corrected chi connectivity index (χ2v) is 4.59. The number of hydrogen-bond acceptors (Lipinski definition) is 4. The molecule has 4 nitrogen and oxygen atoms in total. The van der Waals surface area contributed by atoms with Crippen LogP contribution in [-0.2, 0) is 5.88 Å². The van der Waals surface area contributed by atoms with E-state index in [0.29, 0.717) is 11.9 Å². The number of nitrogens with zero attached hydrogens (tertiary/aromatic N) is 4. The van der Waals surface area contributed by atoms with Crippen LogP contribution in [0, 0.1) is 0 Å². The van der Waals surface area contributed by atoms with Gasteiger partial charge in [-0.05, 0) is 26.1 Å². The minimum Gasteiger partial charge on any atom is -0.350 e. The van der Waals surface area contributed by atoms with E-state index in [0.717, 1.165) is 31.1 Å². The van der Waals surface area contributed by atoms with Crippen LogP contribution in [0.15, 0.2) is 12.1 Å². The van der Waals surface area contributed by atoms with E-state index >= 15 is 0 Å². The molecule has 1 aromatic heterocycles. The van der Waals surface area contributed by atoms with Crippen LogP contribution in [0.4, 0.5) is 5.82 Å². The average molecular weight is 241 g/mol. The van der Waals surface area contributed by atoms with Gasteiger partial charge in [0, 0.05) is 25.7 Å². The van der Waals surface area contributed by atoms with Gasteiger partial charge in [0.15, 0.2) is 5.82 Å². The van der Waals surface area contributed by atoms with Crippen LogP contribution in [0.5, 0.6) is 0 Å². The van der Waals surface area contributed by atoms with E-state index < -0.39 is 0 Å². The van der Waals surface area contributed by atoms with Crippen molar-refractivity contribution in [1.82, 2.24) is 15.1 Å². The second kappa shape index (κ2) is 4.97. The summed E-state index contributed by atoms with van der Waals surface area (Å²) in [6.07, 6.45) is 0. The van der Waals surface area contributed by atoms with Crippen molar-refractivity contribution in [2.24, 2.45) is 0 Å². The van der Waals surface area contributed by atoms with E-state index in [-0.39, 0.29) is 0 Å².